The van der Waals surface area contributed by atoms with Crippen molar-refractivity contribution in [1.82, 2.24) is 9.55 Å². The van der Waals surface area contributed by atoms with E-state index in [4.69, 9.17) is 14.5 Å². The number of carbonyl (C=O) groups excluding carboxylic acids is 1. The fourth-order valence-electron chi connectivity index (χ4n) is 4.03. The topological polar surface area (TPSA) is 87.6 Å². The molecule has 0 aliphatic heterocycles. The van der Waals surface area contributed by atoms with Gasteiger partial charge in [-0.25, -0.2) is 9.78 Å². The number of para-hydroxylation sites is 1. The molecule has 0 saturated heterocycles. The van der Waals surface area contributed by atoms with E-state index < -0.39 is 11.6 Å². The molecule has 4 aromatic rings. The van der Waals surface area contributed by atoms with Gasteiger partial charge in [0.2, 0.25) is 0 Å². The van der Waals surface area contributed by atoms with Crippen molar-refractivity contribution in [3.05, 3.63) is 53.9 Å². The number of aromatic nitrogens is 2. The number of nitrogens with zero attached hydrogens (tertiary/aromatic N) is 2. The summed E-state index contributed by atoms with van der Waals surface area (Å²) >= 11 is 0. The highest BCUT2D eigenvalue weighted by atomic mass is 16.6. The Bertz CT molecular complexity index is 1360. The van der Waals surface area contributed by atoms with Gasteiger partial charge in [-0.2, -0.15) is 4.99 Å². The maximum Gasteiger partial charge on any atom is 0.545 e. The molecule has 2 heterocycles. The number of ether oxygens (including phenoxy) is 2. The summed E-state index contributed by atoms with van der Waals surface area (Å²) in [6.07, 6.45) is 3.73. The Morgan fingerprint density at radius 2 is 1.91 bits per heavy atom. The number of nitrogens with one attached hydrogen (secondary N) is 1. The summed E-state index contributed by atoms with van der Waals surface area (Å²) in [4.78, 5) is 20.4. The van der Waals surface area contributed by atoms with Crippen molar-refractivity contribution in [1.29, 1.82) is 0 Å². The Kier molecular flexibility index (Phi) is 5.50. The first-order valence-corrected chi connectivity index (χ1v) is 10.6. The number of hydrogen-bond acceptors (Lipinski definition) is 4. The zero-order chi connectivity index (χ0) is 23.0. The maximum atomic E-state index is 12.8. The van der Waals surface area contributed by atoms with Gasteiger partial charge >= 0.3 is 12.1 Å². The summed E-state index contributed by atoms with van der Waals surface area (Å²) in [6, 6.07) is 9.82. The normalized spacial score (nSPS) is 12.6. The average Bonchev–Trinajstić information content (AvgIpc) is 3.12. The van der Waals surface area contributed by atoms with Gasteiger partial charge in [0.1, 0.15) is 5.60 Å². The lowest BCUT2D eigenvalue weighted by atomic mass is 9.96. The zero-order valence-corrected chi connectivity index (χ0v) is 19.0. The zero-order valence-electron chi connectivity index (χ0n) is 19.0. The van der Waals surface area contributed by atoms with Crippen LogP contribution in [0.2, 0.25) is 0 Å². The SMILES string of the molecule is COC(=O)c1c2ccn(CC[NH+]=C(O)OC(C)(C)C)cc2c(C)c2c1nc1ccccc12. The van der Waals surface area contributed by atoms with Crippen molar-refractivity contribution in [2.45, 2.75) is 39.8 Å². The van der Waals surface area contributed by atoms with Crippen molar-refractivity contribution >= 4 is 44.6 Å². The number of carbonyl (C=O) groups is 1. The lowest BCUT2D eigenvalue weighted by Crippen LogP contribution is -2.75. The van der Waals surface area contributed by atoms with E-state index in [9.17, 15) is 9.90 Å². The van der Waals surface area contributed by atoms with Crippen LogP contribution in [0.4, 0.5) is 0 Å². The summed E-state index contributed by atoms with van der Waals surface area (Å²) in [5, 5.41) is 13.7. The molecule has 0 atom stereocenters. The number of aliphatic hydroxyl groups is 1. The third kappa shape index (κ3) is 3.98. The van der Waals surface area contributed by atoms with E-state index in [0.29, 0.717) is 24.2 Å². The van der Waals surface area contributed by atoms with E-state index in [0.717, 1.165) is 32.6 Å². The van der Waals surface area contributed by atoms with Gasteiger partial charge in [0.05, 0.1) is 30.3 Å². The van der Waals surface area contributed by atoms with Gasteiger partial charge in [0.25, 0.3) is 0 Å². The second kappa shape index (κ2) is 8.15. The van der Waals surface area contributed by atoms with Crippen LogP contribution in [-0.2, 0) is 16.0 Å². The summed E-state index contributed by atoms with van der Waals surface area (Å²) < 4.78 is 12.5. The molecule has 0 aliphatic carbocycles. The molecule has 0 spiro atoms. The van der Waals surface area contributed by atoms with Crippen molar-refractivity contribution in [3.8, 4) is 0 Å². The maximum absolute atomic E-state index is 12.8. The fourth-order valence-corrected chi connectivity index (χ4v) is 4.03. The van der Waals surface area contributed by atoms with E-state index in [1.54, 1.807) is 0 Å². The van der Waals surface area contributed by atoms with Crippen LogP contribution >= 0.6 is 0 Å². The molecule has 166 valence electrons. The van der Waals surface area contributed by atoms with E-state index in [1.165, 1.54) is 7.11 Å². The average molecular weight is 435 g/mol. The number of esters is 1. The highest BCUT2D eigenvalue weighted by Gasteiger charge is 2.22. The van der Waals surface area contributed by atoms with Crippen molar-refractivity contribution in [3.63, 3.8) is 0 Å². The number of aliphatic hydroxyl groups excluding tert-OH is 1. The van der Waals surface area contributed by atoms with E-state index in [1.807, 2.05) is 68.1 Å². The predicted molar refractivity (Wildman–Crippen MR) is 125 cm³/mol. The molecule has 2 N–H and O–H groups in total. The molecular formula is C25H28N3O4+. The van der Waals surface area contributed by atoms with Gasteiger partial charge in [0.15, 0.2) is 6.54 Å². The van der Waals surface area contributed by atoms with Gasteiger partial charge in [-0.1, -0.05) is 18.2 Å². The van der Waals surface area contributed by atoms with Gasteiger partial charge < -0.3 is 19.1 Å². The standard InChI is InChI=1S/C25H27N3O4/c1-15-18-14-28(13-11-26-24(30)32-25(2,3)4)12-10-16(18)21(23(29)31-5)22-20(15)17-8-6-7-9-19(17)27-22/h6-10,12,14H,11,13H2,1-5H3,(H,26,30)/p+1. The molecule has 0 saturated carbocycles. The van der Waals surface area contributed by atoms with Crippen molar-refractivity contribution in [2.24, 2.45) is 0 Å². The number of aryl methyl sites for hydroxylation is 1. The molecule has 0 aliphatic rings. The van der Waals surface area contributed by atoms with Crippen LogP contribution in [0.3, 0.4) is 0 Å². The van der Waals surface area contributed by atoms with Gasteiger partial charge in [0, 0.05) is 33.9 Å². The number of rotatable bonds is 4. The molecule has 0 bridgehead atoms. The molecule has 7 heteroatoms. The molecular weight excluding hydrogens is 406 g/mol. The second-order valence-electron chi connectivity index (χ2n) is 8.80. The van der Waals surface area contributed by atoms with Gasteiger partial charge in [-0.15, -0.1) is 0 Å². The Hall–Kier alpha value is -3.61. The van der Waals surface area contributed by atoms with Crippen LogP contribution in [-0.4, -0.2) is 46.0 Å². The number of methoxy groups -OCH3 is 1. The minimum absolute atomic E-state index is 0.195. The fraction of sp³-hybridized carbons (Fsp3) is 0.320. The Labute approximate surface area is 186 Å². The van der Waals surface area contributed by atoms with E-state index >= 15 is 0 Å². The van der Waals surface area contributed by atoms with Crippen LogP contribution in [0.1, 0.15) is 36.7 Å². The van der Waals surface area contributed by atoms with Crippen LogP contribution in [0.5, 0.6) is 0 Å². The molecule has 0 radical (unpaired) electrons. The van der Waals surface area contributed by atoms with Gasteiger partial charge in [-0.05, 0) is 45.4 Å². The van der Waals surface area contributed by atoms with Crippen molar-refractivity contribution in [2.75, 3.05) is 13.7 Å². The lowest BCUT2D eigenvalue weighted by molar-refractivity contribution is -0.482. The first kappa shape index (κ1) is 21.6. The first-order chi connectivity index (χ1) is 15.2. The second-order valence-corrected chi connectivity index (χ2v) is 8.80. The highest BCUT2D eigenvalue weighted by molar-refractivity contribution is 6.23. The smallest absolute Gasteiger partial charge is 0.465 e. The molecule has 0 amide bonds. The van der Waals surface area contributed by atoms with Crippen LogP contribution in [0, 0.1) is 6.92 Å². The molecule has 2 aromatic heterocycles. The number of benzene rings is 2. The summed E-state index contributed by atoms with van der Waals surface area (Å²) in [5.74, 6) is -0.402. The van der Waals surface area contributed by atoms with E-state index in [-0.39, 0.29) is 6.08 Å². The minimum Gasteiger partial charge on any atom is -0.465 e. The minimum atomic E-state index is -0.476. The third-order valence-electron chi connectivity index (χ3n) is 5.38. The highest BCUT2D eigenvalue weighted by Crippen LogP contribution is 2.37. The Morgan fingerprint density at radius 1 is 1.16 bits per heavy atom. The molecule has 4 rings (SSSR count). The molecule has 0 unspecified atom stereocenters. The summed E-state index contributed by atoms with van der Waals surface area (Å²) in [7, 11) is 1.39. The summed E-state index contributed by atoms with van der Waals surface area (Å²) in [6.45, 7) is 8.73. The number of pyridine rings is 1. The largest absolute Gasteiger partial charge is 0.545 e. The number of fused-ring (bicyclic) bond motifs is 4. The van der Waals surface area contributed by atoms with Crippen LogP contribution < -0.4 is 4.99 Å². The lowest BCUT2D eigenvalue weighted by Gasteiger charge is -2.15. The predicted octanol–water partition coefficient (Wildman–Crippen LogP) is 3.25. The van der Waals surface area contributed by atoms with E-state index in [2.05, 4.69) is 11.9 Å². The first-order valence-electron chi connectivity index (χ1n) is 10.6. The Morgan fingerprint density at radius 3 is 2.62 bits per heavy atom. The monoisotopic (exact) mass is 434 g/mol. The van der Waals surface area contributed by atoms with Gasteiger partial charge in [-0.3, -0.25) is 0 Å². The summed E-state index contributed by atoms with van der Waals surface area (Å²) in [5.41, 5.74) is 2.59. The third-order valence-corrected chi connectivity index (χ3v) is 5.38. The number of hydrogen-bond donors (Lipinski definition) is 2. The molecule has 2 aromatic carbocycles. The molecule has 32 heavy (non-hydrogen) atoms. The quantitative estimate of drug-likeness (QED) is 0.293. The molecule has 0 fully saturated rings. The Balaban J connectivity index is 1.81. The molecule has 7 nitrogen and oxygen atoms in total. The van der Waals surface area contributed by atoms with Crippen LogP contribution in [0.25, 0.3) is 32.6 Å². The van der Waals surface area contributed by atoms with Crippen LogP contribution in [0.15, 0.2) is 42.7 Å². The van der Waals surface area contributed by atoms with Crippen molar-refractivity contribution < 1.29 is 24.4 Å².